The molecule has 0 saturated carbocycles. The highest BCUT2D eigenvalue weighted by Gasteiger charge is 2.18. The Morgan fingerprint density at radius 2 is 2.31 bits per heavy atom. The molecule has 88 valence electrons. The van der Waals surface area contributed by atoms with Crippen LogP contribution in [0.2, 0.25) is 5.02 Å². The van der Waals surface area contributed by atoms with Crippen molar-refractivity contribution in [1.29, 1.82) is 5.26 Å². The van der Waals surface area contributed by atoms with Gasteiger partial charge in [0.2, 0.25) is 10.0 Å². The van der Waals surface area contributed by atoms with Crippen LogP contribution in [0.1, 0.15) is 12.8 Å². The van der Waals surface area contributed by atoms with E-state index in [2.05, 4.69) is 20.7 Å². The first-order valence-electron chi connectivity index (χ1n) is 4.29. The number of unbranched alkanes of at least 4 members (excludes halogenated alkanes) is 1. The third-order valence-electron chi connectivity index (χ3n) is 1.64. The van der Waals surface area contributed by atoms with Crippen molar-refractivity contribution in [3.63, 3.8) is 0 Å². The molecule has 1 aromatic rings. The molecule has 0 spiro atoms. The lowest BCUT2D eigenvalue weighted by Gasteiger charge is -2.02. The van der Waals surface area contributed by atoms with Crippen molar-refractivity contribution in [3.05, 3.63) is 14.9 Å². The largest absolute Gasteiger partial charge is 0.250 e. The predicted molar refractivity (Wildman–Crippen MR) is 67.1 cm³/mol. The molecular weight excluding hydrogens is 336 g/mol. The summed E-state index contributed by atoms with van der Waals surface area (Å²) in [6.07, 6.45) is 0.827. The summed E-state index contributed by atoms with van der Waals surface area (Å²) in [5, 5.41) is 8.68. The molecule has 0 aliphatic rings. The second-order valence-electron chi connectivity index (χ2n) is 2.85. The highest BCUT2D eigenvalue weighted by molar-refractivity contribution is 9.11. The van der Waals surface area contributed by atoms with Crippen molar-refractivity contribution in [2.75, 3.05) is 6.54 Å². The minimum atomic E-state index is -3.50. The molecule has 0 aliphatic heterocycles. The summed E-state index contributed by atoms with van der Waals surface area (Å²) >= 11 is 9.95. The van der Waals surface area contributed by atoms with Crippen molar-refractivity contribution >= 4 is 48.9 Å². The van der Waals surface area contributed by atoms with Crippen molar-refractivity contribution in [2.45, 2.75) is 17.1 Å². The van der Waals surface area contributed by atoms with Crippen LogP contribution in [-0.2, 0) is 10.0 Å². The normalized spacial score (nSPS) is 11.3. The van der Waals surface area contributed by atoms with Gasteiger partial charge in [0.15, 0.2) is 0 Å². The molecular formula is C8H8BrClN2O2S2. The van der Waals surface area contributed by atoms with Crippen molar-refractivity contribution < 1.29 is 8.42 Å². The van der Waals surface area contributed by atoms with Gasteiger partial charge in [-0.05, 0) is 28.4 Å². The Morgan fingerprint density at radius 3 is 2.81 bits per heavy atom. The molecule has 1 heterocycles. The van der Waals surface area contributed by atoms with Crippen LogP contribution in [0.5, 0.6) is 0 Å². The molecule has 0 atom stereocenters. The summed E-state index contributed by atoms with van der Waals surface area (Å²) in [6, 6.07) is 3.34. The van der Waals surface area contributed by atoms with E-state index in [1.54, 1.807) is 0 Å². The molecule has 8 heteroatoms. The van der Waals surface area contributed by atoms with Gasteiger partial charge in [-0.25, -0.2) is 13.1 Å². The van der Waals surface area contributed by atoms with Gasteiger partial charge in [-0.2, -0.15) is 5.26 Å². The van der Waals surface area contributed by atoms with Crippen molar-refractivity contribution in [3.8, 4) is 6.07 Å². The Hall–Kier alpha value is -0.130. The van der Waals surface area contributed by atoms with Crippen molar-refractivity contribution in [1.82, 2.24) is 4.72 Å². The molecule has 4 nitrogen and oxygen atoms in total. The molecule has 0 bridgehead atoms. The number of hydrogen-bond donors (Lipinski definition) is 1. The van der Waals surface area contributed by atoms with Gasteiger partial charge in [0, 0.05) is 13.0 Å². The fourth-order valence-corrected chi connectivity index (χ4v) is 4.42. The van der Waals surface area contributed by atoms with E-state index in [9.17, 15) is 8.42 Å². The van der Waals surface area contributed by atoms with Gasteiger partial charge in [-0.1, -0.05) is 11.6 Å². The first-order chi connectivity index (χ1) is 7.47. The zero-order chi connectivity index (χ0) is 12.2. The number of halogens is 2. The predicted octanol–water partition coefficient (Wildman–Crippen LogP) is 2.75. The highest BCUT2D eigenvalue weighted by Crippen LogP contribution is 2.34. The summed E-state index contributed by atoms with van der Waals surface area (Å²) in [5.74, 6) is 0. The topological polar surface area (TPSA) is 70.0 Å². The molecule has 1 rings (SSSR count). The Kier molecular flexibility index (Phi) is 5.21. The lowest BCUT2D eigenvalue weighted by molar-refractivity contribution is 0.581. The van der Waals surface area contributed by atoms with Crippen LogP contribution in [0.25, 0.3) is 0 Å². The molecule has 16 heavy (non-hydrogen) atoms. The average molecular weight is 344 g/mol. The molecule has 1 aromatic heterocycles. The maximum atomic E-state index is 11.7. The monoisotopic (exact) mass is 342 g/mol. The first kappa shape index (κ1) is 13.9. The lowest BCUT2D eigenvalue weighted by atomic mass is 10.3. The number of nitrogens with one attached hydrogen (secondary N) is 1. The Labute approximate surface area is 111 Å². The van der Waals surface area contributed by atoms with E-state index in [1.807, 2.05) is 6.07 Å². The SMILES string of the molecule is N#CCCCNS(=O)(=O)c1cc(Cl)c(Br)s1. The number of nitriles is 1. The van der Waals surface area contributed by atoms with Gasteiger partial charge >= 0.3 is 0 Å². The maximum Gasteiger partial charge on any atom is 0.250 e. The van der Waals surface area contributed by atoms with Crippen LogP contribution in [0, 0.1) is 11.3 Å². The summed E-state index contributed by atoms with van der Waals surface area (Å²) in [5.41, 5.74) is 0. The number of thiophene rings is 1. The van der Waals surface area contributed by atoms with E-state index in [-0.39, 0.29) is 10.8 Å². The zero-order valence-corrected chi connectivity index (χ0v) is 12.0. The van der Waals surface area contributed by atoms with Gasteiger partial charge in [0.1, 0.15) is 4.21 Å². The second kappa shape index (κ2) is 5.98. The van der Waals surface area contributed by atoms with Crippen LogP contribution in [0.3, 0.4) is 0 Å². The van der Waals surface area contributed by atoms with Crippen molar-refractivity contribution in [2.24, 2.45) is 0 Å². The number of rotatable bonds is 5. The quantitative estimate of drug-likeness (QED) is 0.836. The van der Waals surface area contributed by atoms with Crippen LogP contribution < -0.4 is 4.72 Å². The maximum absolute atomic E-state index is 11.7. The van der Waals surface area contributed by atoms with Crippen LogP contribution >= 0.6 is 38.9 Å². The second-order valence-corrected chi connectivity index (χ2v) is 7.62. The standard InChI is InChI=1S/C8H8BrClN2O2S2/c9-8-6(10)5-7(15-8)16(13,14)12-4-2-1-3-11/h5,12H,1-2,4H2. The number of nitrogens with zero attached hydrogens (tertiary/aromatic N) is 1. The minimum Gasteiger partial charge on any atom is -0.210 e. The fourth-order valence-electron chi connectivity index (χ4n) is 0.904. The lowest BCUT2D eigenvalue weighted by Crippen LogP contribution is -2.23. The number of sulfonamides is 1. The van der Waals surface area contributed by atoms with E-state index < -0.39 is 10.0 Å². The van der Waals surface area contributed by atoms with Crippen LogP contribution in [0.15, 0.2) is 14.1 Å². The highest BCUT2D eigenvalue weighted by atomic mass is 79.9. The molecule has 0 unspecified atom stereocenters. The zero-order valence-electron chi connectivity index (χ0n) is 8.03. The fraction of sp³-hybridized carbons (Fsp3) is 0.375. The third-order valence-corrected chi connectivity index (χ3v) is 6.05. The molecule has 0 fully saturated rings. The average Bonchev–Trinajstić information content (AvgIpc) is 2.55. The Morgan fingerprint density at radius 1 is 1.62 bits per heavy atom. The summed E-state index contributed by atoms with van der Waals surface area (Å²) in [6.45, 7) is 0.253. The van der Waals surface area contributed by atoms with E-state index in [0.29, 0.717) is 21.7 Å². The van der Waals surface area contributed by atoms with Gasteiger partial charge in [-0.3, -0.25) is 0 Å². The van der Waals surface area contributed by atoms with Crippen LogP contribution in [-0.4, -0.2) is 15.0 Å². The summed E-state index contributed by atoms with van der Waals surface area (Å²) < 4.78 is 26.6. The van der Waals surface area contributed by atoms with E-state index in [4.69, 9.17) is 16.9 Å². The smallest absolute Gasteiger partial charge is 0.210 e. The van der Waals surface area contributed by atoms with E-state index in [0.717, 1.165) is 11.3 Å². The molecule has 1 N–H and O–H groups in total. The van der Waals surface area contributed by atoms with E-state index >= 15 is 0 Å². The van der Waals surface area contributed by atoms with Gasteiger partial charge in [-0.15, -0.1) is 11.3 Å². The molecule has 0 aliphatic carbocycles. The third kappa shape index (κ3) is 3.71. The van der Waals surface area contributed by atoms with Gasteiger partial charge < -0.3 is 0 Å². The molecule has 0 saturated heterocycles. The first-order valence-corrected chi connectivity index (χ1v) is 7.76. The number of hydrogen-bond acceptors (Lipinski definition) is 4. The Bertz CT molecular complexity index is 487. The minimum absolute atomic E-state index is 0.168. The van der Waals surface area contributed by atoms with E-state index in [1.165, 1.54) is 6.07 Å². The summed E-state index contributed by atoms with van der Waals surface area (Å²) in [4.78, 5) is 0. The molecule has 0 radical (unpaired) electrons. The molecule has 0 aromatic carbocycles. The molecule has 0 amide bonds. The van der Waals surface area contributed by atoms with Gasteiger partial charge in [0.05, 0.1) is 14.9 Å². The van der Waals surface area contributed by atoms with Gasteiger partial charge in [0.25, 0.3) is 0 Å². The Balaban J connectivity index is 2.68. The summed E-state index contributed by atoms with van der Waals surface area (Å²) in [7, 11) is -3.50. The van der Waals surface area contributed by atoms with Crippen LogP contribution in [0.4, 0.5) is 0 Å².